The third-order valence-electron chi connectivity index (χ3n) is 2.66. The van der Waals surface area contributed by atoms with Gasteiger partial charge in [0.1, 0.15) is 5.75 Å². The molecule has 0 radical (unpaired) electrons. The maximum absolute atomic E-state index is 5.92. The van der Waals surface area contributed by atoms with Crippen molar-refractivity contribution < 1.29 is 9.15 Å². The van der Waals surface area contributed by atoms with Crippen LogP contribution in [0.3, 0.4) is 0 Å². The summed E-state index contributed by atoms with van der Waals surface area (Å²) in [5, 5.41) is 0. The molecule has 2 aromatic heterocycles. The predicted molar refractivity (Wildman–Crippen MR) is 68.2 cm³/mol. The Morgan fingerprint density at radius 1 is 1.28 bits per heavy atom. The number of nitrogens with two attached hydrogens (primary N) is 1. The van der Waals surface area contributed by atoms with E-state index in [-0.39, 0.29) is 0 Å². The number of pyridine rings is 1. The van der Waals surface area contributed by atoms with E-state index in [1.165, 1.54) is 0 Å². The van der Waals surface area contributed by atoms with Crippen molar-refractivity contribution in [2.24, 2.45) is 0 Å². The summed E-state index contributed by atoms with van der Waals surface area (Å²) in [6.07, 6.45) is 1.67. The Balaban J connectivity index is 2.19. The minimum atomic E-state index is 0.445. The van der Waals surface area contributed by atoms with Crippen LogP contribution in [0.15, 0.2) is 40.9 Å². The zero-order chi connectivity index (χ0) is 12.5. The molecule has 0 aliphatic carbocycles. The van der Waals surface area contributed by atoms with E-state index in [2.05, 4.69) is 9.97 Å². The van der Waals surface area contributed by atoms with Crippen LogP contribution < -0.4 is 10.5 Å². The number of nitrogen functional groups attached to an aromatic ring is 1. The Hall–Kier alpha value is -2.56. The first-order valence-corrected chi connectivity index (χ1v) is 5.43. The number of oxazole rings is 1. The lowest BCUT2D eigenvalue weighted by Crippen LogP contribution is -1.91. The van der Waals surface area contributed by atoms with Crippen LogP contribution in [0.1, 0.15) is 0 Å². The number of ether oxygens (including phenoxy) is 1. The van der Waals surface area contributed by atoms with Gasteiger partial charge in [0.25, 0.3) is 0 Å². The predicted octanol–water partition coefficient (Wildman–Crippen LogP) is 2.48. The molecule has 2 N–H and O–H groups in total. The lowest BCUT2D eigenvalue weighted by Gasteiger charge is -2.04. The second kappa shape index (κ2) is 4.03. The molecule has 0 unspecified atom stereocenters. The van der Waals surface area contributed by atoms with E-state index in [1.807, 2.05) is 6.07 Å². The highest BCUT2D eigenvalue weighted by atomic mass is 16.5. The van der Waals surface area contributed by atoms with Gasteiger partial charge in [-0.3, -0.25) is 0 Å². The lowest BCUT2D eigenvalue weighted by molar-refractivity contribution is 0.415. The van der Waals surface area contributed by atoms with Crippen molar-refractivity contribution in [3.63, 3.8) is 0 Å². The smallest absolute Gasteiger partial charge is 0.231 e. The standard InChI is InChI=1S/C13H11N3O2/c1-17-8-4-5-10(14)9(7-8)13-16-12-11(18-13)3-2-6-15-12/h2-7H,14H2,1H3. The average molecular weight is 241 g/mol. The monoisotopic (exact) mass is 241 g/mol. The minimum Gasteiger partial charge on any atom is -0.497 e. The van der Waals surface area contributed by atoms with Crippen LogP contribution in [0.5, 0.6) is 5.75 Å². The molecule has 5 nitrogen and oxygen atoms in total. The highest BCUT2D eigenvalue weighted by Gasteiger charge is 2.12. The van der Waals surface area contributed by atoms with Crippen molar-refractivity contribution in [1.82, 2.24) is 9.97 Å². The van der Waals surface area contributed by atoms with Gasteiger partial charge in [-0.2, -0.15) is 4.98 Å². The number of hydrogen-bond acceptors (Lipinski definition) is 5. The molecule has 3 aromatic rings. The number of aromatic nitrogens is 2. The van der Waals surface area contributed by atoms with Crippen LogP contribution in [0.4, 0.5) is 5.69 Å². The van der Waals surface area contributed by atoms with Crippen molar-refractivity contribution in [3.05, 3.63) is 36.5 Å². The second-order valence-corrected chi connectivity index (χ2v) is 3.80. The third-order valence-corrected chi connectivity index (χ3v) is 2.66. The summed E-state index contributed by atoms with van der Waals surface area (Å²) in [5.74, 6) is 1.15. The molecule has 0 aliphatic heterocycles. The molecular formula is C13H11N3O2. The highest BCUT2D eigenvalue weighted by molar-refractivity contribution is 5.77. The maximum Gasteiger partial charge on any atom is 0.231 e. The van der Waals surface area contributed by atoms with E-state index in [4.69, 9.17) is 14.9 Å². The highest BCUT2D eigenvalue weighted by Crippen LogP contribution is 2.30. The molecule has 90 valence electrons. The molecule has 0 saturated heterocycles. The fourth-order valence-corrected chi connectivity index (χ4v) is 1.73. The van der Waals surface area contributed by atoms with Crippen molar-refractivity contribution in [1.29, 1.82) is 0 Å². The first-order valence-electron chi connectivity index (χ1n) is 5.43. The molecule has 0 bridgehead atoms. The van der Waals surface area contributed by atoms with Crippen LogP contribution in [0, 0.1) is 0 Å². The van der Waals surface area contributed by atoms with Gasteiger partial charge in [-0.1, -0.05) is 0 Å². The molecule has 18 heavy (non-hydrogen) atoms. The Morgan fingerprint density at radius 2 is 2.17 bits per heavy atom. The summed E-state index contributed by atoms with van der Waals surface area (Å²) in [5.41, 5.74) is 8.41. The molecule has 0 spiro atoms. The summed E-state index contributed by atoms with van der Waals surface area (Å²) in [4.78, 5) is 8.43. The SMILES string of the molecule is COc1ccc(N)c(-c2nc3ncccc3o2)c1. The molecule has 2 heterocycles. The zero-order valence-electron chi connectivity index (χ0n) is 9.75. The van der Waals surface area contributed by atoms with Gasteiger partial charge in [0.05, 0.1) is 12.7 Å². The second-order valence-electron chi connectivity index (χ2n) is 3.80. The molecule has 0 aliphatic rings. The van der Waals surface area contributed by atoms with Gasteiger partial charge in [0, 0.05) is 11.9 Å². The Kier molecular flexibility index (Phi) is 2.37. The van der Waals surface area contributed by atoms with E-state index in [0.717, 1.165) is 0 Å². The summed E-state index contributed by atoms with van der Waals surface area (Å²) in [7, 11) is 1.60. The molecule has 5 heteroatoms. The van der Waals surface area contributed by atoms with Crippen LogP contribution in [-0.4, -0.2) is 17.1 Å². The van der Waals surface area contributed by atoms with E-state index >= 15 is 0 Å². The summed E-state index contributed by atoms with van der Waals surface area (Å²) >= 11 is 0. The number of rotatable bonds is 2. The van der Waals surface area contributed by atoms with Gasteiger partial charge >= 0.3 is 0 Å². The molecule has 1 aromatic carbocycles. The van der Waals surface area contributed by atoms with Crippen LogP contribution in [-0.2, 0) is 0 Å². The van der Waals surface area contributed by atoms with Crippen molar-refractivity contribution in [2.75, 3.05) is 12.8 Å². The van der Waals surface area contributed by atoms with Crippen molar-refractivity contribution in [3.8, 4) is 17.2 Å². The Bertz CT molecular complexity index is 673. The fourth-order valence-electron chi connectivity index (χ4n) is 1.73. The molecule has 0 fully saturated rings. The topological polar surface area (TPSA) is 74.2 Å². The first-order chi connectivity index (χ1) is 8.78. The largest absolute Gasteiger partial charge is 0.497 e. The lowest BCUT2D eigenvalue weighted by atomic mass is 10.1. The van der Waals surface area contributed by atoms with E-state index in [0.29, 0.717) is 34.1 Å². The van der Waals surface area contributed by atoms with Crippen molar-refractivity contribution >= 4 is 16.9 Å². The van der Waals surface area contributed by atoms with Gasteiger partial charge < -0.3 is 14.9 Å². The van der Waals surface area contributed by atoms with Crippen LogP contribution in [0.25, 0.3) is 22.7 Å². The van der Waals surface area contributed by atoms with Crippen LogP contribution >= 0.6 is 0 Å². The number of benzene rings is 1. The van der Waals surface area contributed by atoms with E-state index < -0.39 is 0 Å². The summed E-state index contributed by atoms with van der Waals surface area (Å²) in [6, 6.07) is 8.96. The number of methoxy groups -OCH3 is 1. The Labute approximate surface area is 103 Å². The first kappa shape index (κ1) is 10.6. The molecular weight excluding hydrogens is 230 g/mol. The zero-order valence-corrected chi connectivity index (χ0v) is 9.75. The number of hydrogen-bond donors (Lipinski definition) is 1. The number of nitrogens with zero attached hydrogens (tertiary/aromatic N) is 2. The number of anilines is 1. The number of fused-ring (bicyclic) bond motifs is 1. The normalized spacial score (nSPS) is 10.7. The minimum absolute atomic E-state index is 0.445. The van der Waals surface area contributed by atoms with E-state index in [9.17, 15) is 0 Å². The van der Waals surface area contributed by atoms with Gasteiger partial charge in [-0.05, 0) is 30.3 Å². The summed E-state index contributed by atoms with van der Waals surface area (Å²) < 4.78 is 10.8. The maximum atomic E-state index is 5.92. The van der Waals surface area contributed by atoms with Gasteiger partial charge in [-0.25, -0.2) is 4.98 Å². The third kappa shape index (κ3) is 1.66. The van der Waals surface area contributed by atoms with Gasteiger partial charge in [0.2, 0.25) is 5.89 Å². The summed E-state index contributed by atoms with van der Waals surface area (Å²) in [6.45, 7) is 0. The Morgan fingerprint density at radius 3 is 2.94 bits per heavy atom. The van der Waals surface area contributed by atoms with Gasteiger partial charge in [-0.15, -0.1) is 0 Å². The van der Waals surface area contributed by atoms with Crippen LogP contribution in [0.2, 0.25) is 0 Å². The fraction of sp³-hybridized carbons (Fsp3) is 0.0769. The molecule has 0 amide bonds. The molecule has 3 rings (SSSR count). The molecule has 0 atom stereocenters. The van der Waals surface area contributed by atoms with Gasteiger partial charge in [0.15, 0.2) is 11.2 Å². The quantitative estimate of drug-likeness (QED) is 0.697. The van der Waals surface area contributed by atoms with Crippen molar-refractivity contribution in [2.45, 2.75) is 0 Å². The average Bonchev–Trinajstić information content (AvgIpc) is 2.82. The molecule has 0 saturated carbocycles. The van der Waals surface area contributed by atoms with E-state index in [1.54, 1.807) is 37.6 Å².